The third kappa shape index (κ3) is 2.36. The number of thiophene rings is 1. The zero-order valence-corrected chi connectivity index (χ0v) is 12.6. The van der Waals surface area contributed by atoms with Gasteiger partial charge < -0.3 is 5.32 Å². The van der Waals surface area contributed by atoms with E-state index in [0.717, 1.165) is 0 Å². The molecule has 0 fully saturated rings. The lowest BCUT2D eigenvalue weighted by Gasteiger charge is -2.18. The fourth-order valence-corrected chi connectivity index (χ4v) is 3.45. The van der Waals surface area contributed by atoms with Crippen LogP contribution in [0.3, 0.4) is 0 Å². The molecule has 0 bridgehead atoms. The van der Waals surface area contributed by atoms with Crippen molar-refractivity contribution in [1.82, 2.24) is 5.32 Å². The lowest BCUT2D eigenvalue weighted by Crippen LogP contribution is -2.17. The summed E-state index contributed by atoms with van der Waals surface area (Å²) < 4.78 is 0. The second-order valence-electron chi connectivity index (χ2n) is 4.90. The first-order valence-electron chi connectivity index (χ1n) is 6.35. The molecule has 96 valence electrons. The molecule has 1 unspecified atom stereocenters. The lowest BCUT2D eigenvalue weighted by molar-refractivity contribution is 0.698. The highest BCUT2D eigenvalue weighted by molar-refractivity contribution is 7.12. The molecule has 0 saturated heterocycles. The fraction of sp³-hybridized carbons (Fsp3) is 0.375. The Kier molecular flexibility index (Phi) is 3.88. The van der Waals surface area contributed by atoms with Gasteiger partial charge in [0.2, 0.25) is 0 Å². The van der Waals surface area contributed by atoms with Crippen molar-refractivity contribution in [2.75, 3.05) is 7.05 Å². The van der Waals surface area contributed by atoms with E-state index in [-0.39, 0.29) is 0 Å². The normalized spacial score (nSPS) is 12.7. The van der Waals surface area contributed by atoms with Crippen molar-refractivity contribution >= 4 is 11.3 Å². The smallest absolute Gasteiger partial charge is 0.0671 e. The van der Waals surface area contributed by atoms with Crippen molar-refractivity contribution in [3.05, 3.63) is 56.3 Å². The van der Waals surface area contributed by atoms with Crippen LogP contribution in [0.15, 0.2) is 24.3 Å². The van der Waals surface area contributed by atoms with Crippen LogP contribution in [-0.2, 0) is 0 Å². The molecule has 1 nitrogen and oxygen atoms in total. The van der Waals surface area contributed by atoms with E-state index < -0.39 is 0 Å². The molecule has 2 rings (SSSR count). The average Bonchev–Trinajstić information content (AvgIpc) is 2.66. The van der Waals surface area contributed by atoms with Crippen molar-refractivity contribution in [3.8, 4) is 0 Å². The van der Waals surface area contributed by atoms with E-state index in [4.69, 9.17) is 0 Å². The molecular formula is C16H21NS. The van der Waals surface area contributed by atoms with Crippen LogP contribution in [0.2, 0.25) is 0 Å². The largest absolute Gasteiger partial charge is 0.309 e. The highest BCUT2D eigenvalue weighted by Gasteiger charge is 2.17. The summed E-state index contributed by atoms with van der Waals surface area (Å²) in [5.41, 5.74) is 5.53. The van der Waals surface area contributed by atoms with Gasteiger partial charge in [0, 0.05) is 9.75 Å². The second kappa shape index (κ2) is 5.25. The van der Waals surface area contributed by atoms with Crippen LogP contribution in [0.25, 0.3) is 0 Å². The Bertz CT molecular complexity index is 535. The van der Waals surface area contributed by atoms with Crippen molar-refractivity contribution in [2.24, 2.45) is 0 Å². The van der Waals surface area contributed by atoms with Crippen molar-refractivity contribution in [3.63, 3.8) is 0 Å². The number of hydrogen-bond donors (Lipinski definition) is 1. The summed E-state index contributed by atoms with van der Waals surface area (Å²) in [7, 11) is 2.04. The minimum Gasteiger partial charge on any atom is -0.309 e. The molecule has 2 aromatic rings. The number of rotatable bonds is 3. The van der Waals surface area contributed by atoms with E-state index in [1.165, 1.54) is 32.0 Å². The van der Waals surface area contributed by atoms with Crippen molar-refractivity contribution < 1.29 is 0 Å². The Morgan fingerprint density at radius 3 is 2.33 bits per heavy atom. The highest BCUT2D eigenvalue weighted by atomic mass is 32.1. The van der Waals surface area contributed by atoms with Gasteiger partial charge in [-0.2, -0.15) is 0 Å². The standard InChI is InChI=1S/C16H21NS/c1-10-7-6-8-14(12(10)3)16(17-5)15-9-11(2)13(4)18-15/h6-9,16-17H,1-5H3. The SMILES string of the molecule is CNC(c1cc(C)c(C)s1)c1cccc(C)c1C. The average molecular weight is 259 g/mol. The van der Waals surface area contributed by atoms with Gasteiger partial charge in [0.1, 0.15) is 0 Å². The maximum absolute atomic E-state index is 3.45. The Morgan fingerprint density at radius 2 is 1.78 bits per heavy atom. The Hall–Kier alpha value is -1.12. The summed E-state index contributed by atoms with van der Waals surface area (Å²) in [6.07, 6.45) is 0. The van der Waals surface area contributed by atoms with Gasteiger partial charge in [-0.3, -0.25) is 0 Å². The predicted molar refractivity (Wildman–Crippen MR) is 80.6 cm³/mol. The van der Waals surface area contributed by atoms with Gasteiger partial charge in [0.15, 0.2) is 0 Å². The van der Waals surface area contributed by atoms with Crippen LogP contribution in [0.5, 0.6) is 0 Å². The fourth-order valence-electron chi connectivity index (χ4n) is 2.28. The third-order valence-corrected chi connectivity index (χ3v) is 4.93. The van der Waals surface area contributed by atoms with Gasteiger partial charge in [-0.1, -0.05) is 18.2 Å². The quantitative estimate of drug-likeness (QED) is 0.867. The molecule has 1 N–H and O–H groups in total. The monoisotopic (exact) mass is 259 g/mol. The molecule has 1 heterocycles. The summed E-state index contributed by atoms with van der Waals surface area (Å²) in [5.74, 6) is 0. The molecule has 1 aromatic carbocycles. The van der Waals surface area contributed by atoms with Crippen molar-refractivity contribution in [1.29, 1.82) is 0 Å². The topological polar surface area (TPSA) is 12.0 Å². The zero-order chi connectivity index (χ0) is 13.3. The van der Waals surface area contributed by atoms with Crippen molar-refractivity contribution in [2.45, 2.75) is 33.7 Å². The molecule has 2 heteroatoms. The maximum Gasteiger partial charge on any atom is 0.0671 e. The van der Waals surface area contributed by atoms with E-state index in [2.05, 4.69) is 57.3 Å². The molecule has 0 saturated carbocycles. The molecule has 0 aliphatic carbocycles. The molecular weight excluding hydrogens is 238 g/mol. The molecule has 0 radical (unpaired) electrons. The molecule has 1 atom stereocenters. The number of aryl methyl sites for hydroxylation is 3. The van der Waals surface area contributed by atoms with E-state index in [9.17, 15) is 0 Å². The summed E-state index contributed by atoms with van der Waals surface area (Å²) in [6.45, 7) is 8.77. The molecule has 1 aromatic heterocycles. The summed E-state index contributed by atoms with van der Waals surface area (Å²) in [5, 5.41) is 3.45. The van der Waals surface area contributed by atoms with Crippen LogP contribution in [-0.4, -0.2) is 7.05 Å². The van der Waals surface area contributed by atoms with Gasteiger partial charge >= 0.3 is 0 Å². The Balaban J connectivity index is 2.48. The molecule has 0 aliphatic heterocycles. The van der Waals surface area contributed by atoms with Crippen LogP contribution in [0, 0.1) is 27.7 Å². The lowest BCUT2D eigenvalue weighted by atomic mass is 9.96. The first-order valence-corrected chi connectivity index (χ1v) is 7.16. The van der Waals surface area contributed by atoms with Crippen LogP contribution < -0.4 is 5.32 Å². The van der Waals surface area contributed by atoms with E-state index in [0.29, 0.717) is 6.04 Å². The predicted octanol–water partition coefficient (Wildman–Crippen LogP) is 4.29. The Morgan fingerprint density at radius 1 is 1.06 bits per heavy atom. The summed E-state index contributed by atoms with van der Waals surface area (Å²) >= 11 is 1.89. The minimum atomic E-state index is 0.308. The number of hydrogen-bond acceptors (Lipinski definition) is 2. The van der Waals surface area contributed by atoms with E-state index in [1.807, 2.05) is 18.4 Å². The van der Waals surface area contributed by atoms with Gasteiger partial charge in [-0.15, -0.1) is 11.3 Å². The van der Waals surface area contributed by atoms with Gasteiger partial charge in [-0.25, -0.2) is 0 Å². The minimum absolute atomic E-state index is 0.308. The van der Waals surface area contributed by atoms with E-state index in [1.54, 1.807) is 0 Å². The van der Waals surface area contributed by atoms with Gasteiger partial charge in [-0.05, 0) is 63.1 Å². The Labute approximate surface area is 114 Å². The molecule has 18 heavy (non-hydrogen) atoms. The summed E-state index contributed by atoms with van der Waals surface area (Å²) in [6, 6.07) is 9.17. The first kappa shape index (κ1) is 13.3. The summed E-state index contributed by atoms with van der Waals surface area (Å²) in [4.78, 5) is 2.82. The zero-order valence-electron chi connectivity index (χ0n) is 11.8. The highest BCUT2D eigenvalue weighted by Crippen LogP contribution is 2.32. The number of nitrogens with one attached hydrogen (secondary N) is 1. The van der Waals surface area contributed by atoms with Crippen LogP contribution >= 0.6 is 11.3 Å². The van der Waals surface area contributed by atoms with E-state index >= 15 is 0 Å². The third-order valence-electron chi connectivity index (χ3n) is 3.72. The van der Waals surface area contributed by atoms with Gasteiger partial charge in [0.05, 0.1) is 6.04 Å². The van der Waals surface area contributed by atoms with Crippen LogP contribution in [0.4, 0.5) is 0 Å². The first-order chi connectivity index (χ1) is 8.54. The molecule has 0 amide bonds. The number of benzene rings is 1. The molecule has 0 spiro atoms. The van der Waals surface area contributed by atoms with Gasteiger partial charge in [0.25, 0.3) is 0 Å². The molecule has 0 aliphatic rings. The second-order valence-corrected chi connectivity index (χ2v) is 6.19. The maximum atomic E-state index is 3.45. The van der Waals surface area contributed by atoms with Crippen LogP contribution in [0.1, 0.15) is 38.0 Å².